The largest absolute Gasteiger partial charge is 0.361 e. The number of aromatic nitrogens is 4. The van der Waals surface area contributed by atoms with Gasteiger partial charge in [0.2, 0.25) is 0 Å². The summed E-state index contributed by atoms with van der Waals surface area (Å²) in [6.07, 6.45) is 3.20. The number of fused-ring (bicyclic) bond motifs is 1. The molecule has 3 aromatic heterocycles. The van der Waals surface area contributed by atoms with E-state index >= 15 is 0 Å². The number of amides is 1. The van der Waals surface area contributed by atoms with E-state index in [0.717, 1.165) is 45.7 Å². The Labute approximate surface area is 204 Å². The zero-order chi connectivity index (χ0) is 24.2. The highest BCUT2D eigenvalue weighted by Gasteiger charge is 2.20. The van der Waals surface area contributed by atoms with Crippen molar-refractivity contribution in [3.8, 4) is 22.5 Å². The first-order valence-electron chi connectivity index (χ1n) is 11.8. The predicted octanol–water partition coefficient (Wildman–Crippen LogP) is 5.48. The predicted molar refractivity (Wildman–Crippen MR) is 136 cm³/mol. The van der Waals surface area contributed by atoms with Gasteiger partial charge in [0.1, 0.15) is 11.5 Å². The number of rotatable bonds is 8. The van der Waals surface area contributed by atoms with Gasteiger partial charge in [-0.25, -0.2) is 9.67 Å². The molecule has 35 heavy (non-hydrogen) atoms. The van der Waals surface area contributed by atoms with Gasteiger partial charge in [-0.3, -0.25) is 4.79 Å². The highest BCUT2D eigenvalue weighted by Crippen LogP contribution is 2.26. The van der Waals surface area contributed by atoms with E-state index in [2.05, 4.69) is 10.3 Å². The number of hydrogen-bond donors (Lipinski definition) is 0. The molecule has 0 unspecified atom stereocenters. The summed E-state index contributed by atoms with van der Waals surface area (Å²) >= 11 is 0. The lowest BCUT2D eigenvalue weighted by atomic mass is 10.1. The van der Waals surface area contributed by atoms with E-state index in [1.54, 1.807) is 11.1 Å². The topological polar surface area (TPSA) is 77.0 Å². The molecule has 0 N–H and O–H groups in total. The molecule has 0 aliphatic rings. The third kappa shape index (κ3) is 4.71. The van der Waals surface area contributed by atoms with Gasteiger partial charge in [0.15, 0.2) is 5.65 Å². The van der Waals surface area contributed by atoms with Gasteiger partial charge in [-0.2, -0.15) is 5.10 Å². The van der Waals surface area contributed by atoms with Gasteiger partial charge in [0, 0.05) is 43.8 Å². The summed E-state index contributed by atoms with van der Waals surface area (Å²) in [7, 11) is 1.83. The van der Waals surface area contributed by atoms with Crippen LogP contribution >= 0.6 is 0 Å². The van der Waals surface area contributed by atoms with Crippen LogP contribution in [0.3, 0.4) is 0 Å². The monoisotopic (exact) mass is 465 g/mol. The fourth-order valence-corrected chi connectivity index (χ4v) is 4.19. The second-order valence-corrected chi connectivity index (χ2v) is 8.49. The van der Waals surface area contributed by atoms with Crippen LogP contribution in [0, 0.1) is 0 Å². The Morgan fingerprint density at radius 2 is 1.66 bits per heavy atom. The normalized spacial score (nSPS) is 11.1. The Morgan fingerprint density at radius 1 is 0.971 bits per heavy atom. The van der Waals surface area contributed by atoms with Crippen LogP contribution in [0.4, 0.5) is 0 Å². The van der Waals surface area contributed by atoms with Crippen LogP contribution in [0.25, 0.3) is 33.5 Å². The molecule has 0 fully saturated rings. The highest BCUT2D eigenvalue weighted by atomic mass is 16.5. The standard InChI is InChI=1S/C28H27N5O2/c1-3-33-27-24(19-29-33)23(18-25(30-27)20-11-6-4-7-12-20)28(34)32(2)16-10-15-22-17-26(31-35-22)21-13-8-5-9-14-21/h4-9,11-14,17-19H,3,10,15-16H2,1-2H3. The SMILES string of the molecule is CCn1ncc2c(C(=O)N(C)CCCc3cc(-c4ccccc4)no3)cc(-c3ccccc3)nc21. The van der Waals surface area contributed by atoms with Crippen molar-refractivity contribution in [3.63, 3.8) is 0 Å². The second kappa shape index (κ2) is 9.93. The van der Waals surface area contributed by atoms with Crippen LogP contribution in [-0.2, 0) is 13.0 Å². The quantitative estimate of drug-likeness (QED) is 0.303. The Balaban J connectivity index is 1.32. The van der Waals surface area contributed by atoms with Crippen LogP contribution in [0.1, 0.15) is 29.5 Å². The van der Waals surface area contributed by atoms with Gasteiger partial charge in [-0.05, 0) is 19.4 Å². The first-order valence-corrected chi connectivity index (χ1v) is 11.8. The Hall–Kier alpha value is -4.26. The molecule has 1 amide bonds. The van der Waals surface area contributed by atoms with Crippen molar-refractivity contribution in [2.45, 2.75) is 26.3 Å². The number of benzene rings is 2. The average molecular weight is 466 g/mol. The number of carbonyl (C=O) groups is 1. The van der Waals surface area contributed by atoms with Crippen LogP contribution in [0.5, 0.6) is 0 Å². The van der Waals surface area contributed by atoms with Crippen LogP contribution in [0.15, 0.2) is 83.5 Å². The summed E-state index contributed by atoms with van der Waals surface area (Å²) in [5, 5.41) is 9.39. The molecule has 0 bridgehead atoms. The molecule has 0 saturated carbocycles. The van der Waals surface area contributed by atoms with Gasteiger partial charge in [-0.1, -0.05) is 65.8 Å². The zero-order valence-corrected chi connectivity index (χ0v) is 19.9. The maximum atomic E-state index is 13.5. The summed E-state index contributed by atoms with van der Waals surface area (Å²) in [5.41, 5.74) is 4.92. The molecule has 5 aromatic rings. The number of pyridine rings is 1. The fourth-order valence-electron chi connectivity index (χ4n) is 4.19. The smallest absolute Gasteiger partial charge is 0.254 e. The van der Waals surface area contributed by atoms with Crippen molar-refractivity contribution in [2.24, 2.45) is 0 Å². The van der Waals surface area contributed by atoms with Crippen molar-refractivity contribution >= 4 is 16.9 Å². The van der Waals surface area contributed by atoms with Crippen LogP contribution in [0.2, 0.25) is 0 Å². The number of carbonyl (C=O) groups excluding carboxylic acids is 1. The summed E-state index contributed by atoms with van der Waals surface area (Å²) < 4.78 is 7.34. The van der Waals surface area contributed by atoms with Gasteiger partial charge in [0.05, 0.1) is 22.8 Å². The van der Waals surface area contributed by atoms with E-state index in [1.165, 1.54) is 0 Å². The third-order valence-electron chi connectivity index (χ3n) is 6.10. The highest BCUT2D eigenvalue weighted by molar-refractivity contribution is 6.06. The fraction of sp³-hybridized carbons (Fsp3) is 0.214. The van der Waals surface area contributed by atoms with Crippen molar-refractivity contribution < 1.29 is 9.32 Å². The molecule has 0 aliphatic heterocycles. The molecule has 3 heterocycles. The van der Waals surface area contributed by atoms with Crippen molar-refractivity contribution in [1.29, 1.82) is 0 Å². The molecule has 0 atom stereocenters. The number of nitrogens with zero attached hydrogens (tertiary/aromatic N) is 5. The summed E-state index contributed by atoms with van der Waals surface area (Å²) in [6.45, 7) is 3.29. The lowest BCUT2D eigenvalue weighted by Gasteiger charge is -2.18. The Morgan fingerprint density at radius 3 is 2.34 bits per heavy atom. The van der Waals surface area contributed by atoms with Crippen molar-refractivity contribution in [3.05, 3.63) is 90.3 Å². The minimum absolute atomic E-state index is 0.0484. The van der Waals surface area contributed by atoms with Crippen molar-refractivity contribution in [2.75, 3.05) is 13.6 Å². The molecule has 0 radical (unpaired) electrons. The molecule has 2 aromatic carbocycles. The van der Waals surface area contributed by atoms with E-state index in [1.807, 2.05) is 91.4 Å². The summed E-state index contributed by atoms with van der Waals surface area (Å²) in [5.74, 6) is 0.763. The molecular formula is C28H27N5O2. The molecule has 7 nitrogen and oxygen atoms in total. The van der Waals surface area contributed by atoms with E-state index < -0.39 is 0 Å². The van der Waals surface area contributed by atoms with E-state index in [9.17, 15) is 4.79 Å². The van der Waals surface area contributed by atoms with E-state index in [4.69, 9.17) is 9.51 Å². The van der Waals surface area contributed by atoms with Gasteiger partial charge in [-0.15, -0.1) is 0 Å². The first kappa shape index (κ1) is 22.5. The maximum Gasteiger partial charge on any atom is 0.254 e. The first-order chi connectivity index (χ1) is 17.1. The molecule has 0 aliphatic carbocycles. The molecule has 0 spiro atoms. The zero-order valence-electron chi connectivity index (χ0n) is 19.9. The van der Waals surface area contributed by atoms with E-state index in [0.29, 0.717) is 25.1 Å². The minimum atomic E-state index is -0.0484. The second-order valence-electron chi connectivity index (χ2n) is 8.49. The lowest BCUT2D eigenvalue weighted by molar-refractivity contribution is 0.0794. The molecule has 5 rings (SSSR count). The Kier molecular flexibility index (Phi) is 6.39. The maximum absolute atomic E-state index is 13.5. The number of aryl methyl sites for hydroxylation is 2. The summed E-state index contributed by atoms with van der Waals surface area (Å²) in [6, 6.07) is 23.7. The van der Waals surface area contributed by atoms with Gasteiger partial charge >= 0.3 is 0 Å². The minimum Gasteiger partial charge on any atom is -0.361 e. The lowest BCUT2D eigenvalue weighted by Crippen LogP contribution is -2.28. The Bertz CT molecular complexity index is 1440. The molecule has 7 heteroatoms. The molecule has 0 saturated heterocycles. The van der Waals surface area contributed by atoms with Crippen LogP contribution in [-0.4, -0.2) is 44.3 Å². The third-order valence-corrected chi connectivity index (χ3v) is 6.10. The van der Waals surface area contributed by atoms with Gasteiger partial charge in [0.25, 0.3) is 5.91 Å². The summed E-state index contributed by atoms with van der Waals surface area (Å²) in [4.78, 5) is 20.1. The van der Waals surface area contributed by atoms with E-state index in [-0.39, 0.29) is 5.91 Å². The van der Waals surface area contributed by atoms with Crippen LogP contribution < -0.4 is 0 Å². The molecule has 176 valence electrons. The van der Waals surface area contributed by atoms with Crippen molar-refractivity contribution in [1.82, 2.24) is 24.8 Å². The van der Waals surface area contributed by atoms with Gasteiger partial charge < -0.3 is 9.42 Å². The number of hydrogen-bond acceptors (Lipinski definition) is 5. The average Bonchev–Trinajstić information content (AvgIpc) is 3.56. The molecular weight excluding hydrogens is 438 g/mol.